The molecule has 3 aromatic carbocycles. The Bertz CT molecular complexity index is 1480. The third kappa shape index (κ3) is 3.20. The molecule has 38 heavy (non-hydrogen) atoms. The molecule has 0 aliphatic heterocycles. The molecule has 3 aliphatic carbocycles. The Balaban J connectivity index is 1.67. The van der Waals surface area contributed by atoms with Crippen LogP contribution in [0.5, 0.6) is 23.0 Å². The molecule has 0 amide bonds. The van der Waals surface area contributed by atoms with Gasteiger partial charge >= 0.3 is 0 Å². The molecule has 5 heteroatoms. The number of ether oxygens (including phenoxy) is 3. The summed E-state index contributed by atoms with van der Waals surface area (Å²) in [6.45, 7) is 7.19. The van der Waals surface area contributed by atoms with Gasteiger partial charge in [0.15, 0.2) is 0 Å². The highest BCUT2D eigenvalue weighted by atomic mass is 16.5. The van der Waals surface area contributed by atoms with Crippen LogP contribution in [0.3, 0.4) is 0 Å². The summed E-state index contributed by atoms with van der Waals surface area (Å²) >= 11 is 0. The lowest BCUT2D eigenvalue weighted by atomic mass is 9.54. The molecule has 6 rings (SSSR count). The number of hydrogen-bond acceptors (Lipinski definition) is 5. The fraction of sp³-hybridized carbons (Fsp3) is 0.364. The lowest BCUT2D eigenvalue weighted by molar-refractivity contribution is 0.102. The Labute approximate surface area is 224 Å². The summed E-state index contributed by atoms with van der Waals surface area (Å²) in [6, 6.07) is 15.1. The number of phenols is 1. The van der Waals surface area contributed by atoms with E-state index < -0.39 is 0 Å². The van der Waals surface area contributed by atoms with Gasteiger partial charge in [-0.2, -0.15) is 0 Å². The van der Waals surface area contributed by atoms with Gasteiger partial charge in [0.05, 0.1) is 25.3 Å². The summed E-state index contributed by atoms with van der Waals surface area (Å²) in [6.07, 6.45) is 5.16. The Morgan fingerprint density at radius 3 is 2.37 bits per heavy atom. The van der Waals surface area contributed by atoms with E-state index in [-0.39, 0.29) is 28.3 Å². The lowest BCUT2D eigenvalue weighted by Gasteiger charge is -2.49. The van der Waals surface area contributed by atoms with Crippen LogP contribution < -0.4 is 14.2 Å². The number of allylic oxidation sites excluding steroid dienone is 2. The second kappa shape index (κ2) is 8.65. The van der Waals surface area contributed by atoms with Crippen molar-refractivity contribution in [2.45, 2.75) is 58.0 Å². The van der Waals surface area contributed by atoms with Crippen molar-refractivity contribution < 1.29 is 24.1 Å². The van der Waals surface area contributed by atoms with Gasteiger partial charge in [-0.1, -0.05) is 55.8 Å². The number of phenolic OH excluding ortho intramolecular Hbond substituents is 1. The quantitative estimate of drug-likeness (QED) is 0.372. The normalized spacial score (nSPS) is 22.5. The second-order valence-electron chi connectivity index (χ2n) is 11.4. The van der Waals surface area contributed by atoms with E-state index in [2.05, 4.69) is 26.8 Å². The van der Waals surface area contributed by atoms with Crippen LogP contribution in [0.15, 0.2) is 60.2 Å². The molecule has 0 saturated carbocycles. The van der Waals surface area contributed by atoms with Gasteiger partial charge < -0.3 is 19.3 Å². The minimum Gasteiger partial charge on any atom is -0.507 e. The predicted octanol–water partition coefficient (Wildman–Crippen LogP) is 7.07. The number of rotatable bonds is 5. The van der Waals surface area contributed by atoms with E-state index in [1.54, 1.807) is 26.4 Å². The summed E-state index contributed by atoms with van der Waals surface area (Å²) in [5.41, 5.74) is 5.54. The van der Waals surface area contributed by atoms with E-state index in [9.17, 15) is 9.90 Å². The molecule has 1 unspecified atom stereocenters. The van der Waals surface area contributed by atoms with Crippen molar-refractivity contribution in [1.29, 1.82) is 0 Å². The number of carbonyl (C=O) groups excluding carboxylic acids is 1. The maximum absolute atomic E-state index is 14.3. The largest absolute Gasteiger partial charge is 0.507 e. The van der Waals surface area contributed by atoms with Gasteiger partial charge in [-0.15, -0.1) is 0 Å². The molecular formula is C33H34O5. The Hall–Kier alpha value is -3.73. The van der Waals surface area contributed by atoms with Crippen molar-refractivity contribution in [3.8, 4) is 23.0 Å². The summed E-state index contributed by atoms with van der Waals surface area (Å²) in [4.78, 5) is 14.3. The molecule has 0 bridgehead atoms. The number of ketones is 1. The zero-order chi connectivity index (χ0) is 26.8. The van der Waals surface area contributed by atoms with Crippen LogP contribution in [0, 0.1) is 5.41 Å². The standard InChI is InChI=1S/C33H34O5/c1-19-10-9-15-32(2,3)33(19)17-21-26-23(36-4)14-13-22(34)28(26)31(35)29-24(16-25(37-5)30(33)27(21)29)38-18-20-11-7-6-8-12-20/h6-8,10-14,16,21,34H,9,15,17-18H2,1-5H3/t21-,33?/m0/s1. The highest BCUT2D eigenvalue weighted by molar-refractivity contribution is 6.17. The van der Waals surface area contributed by atoms with Crippen molar-refractivity contribution in [3.05, 3.63) is 93.6 Å². The van der Waals surface area contributed by atoms with Gasteiger partial charge in [0.2, 0.25) is 5.78 Å². The molecule has 3 aliphatic rings. The summed E-state index contributed by atoms with van der Waals surface area (Å²) in [5, 5.41) is 11.0. The minimum atomic E-state index is -0.332. The van der Waals surface area contributed by atoms with Crippen LogP contribution >= 0.6 is 0 Å². The molecule has 5 nitrogen and oxygen atoms in total. The summed E-state index contributed by atoms with van der Waals surface area (Å²) in [5.74, 6) is 1.44. The molecule has 1 N–H and O–H groups in total. The highest BCUT2D eigenvalue weighted by Gasteiger charge is 2.60. The minimum absolute atomic E-state index is 0.0288. The third-order valence-corrected chi connectivity index (χ3v) is 9.29. The van der Waals surface area contributed by atoms with Crippen molar-refractivity contribution in [2.75, 3.05) is 14.2 Å². The zero-order valence-corrected chi connectivity index (χ0v) is 22.7. The lowest BCUT2D eigenvalue weighted by Crippen LogP contribution is -2.43. The molecule has 196 valence electrons. The van der Waals surface area contributed by atoms with Crippen LogP contribution in [0.2, 0.25) is 0 Å². The highest BCUT2D eigenvalue weighted by Crippen LogP contribution is 2.68. The van der Waals surface area contributed by atoms with Gasteiger partial charge in [-0.05, 0) is 54.9 Å². The van der Waals surface area contributed by atoms with Crippen LogP contribution in [0.25, 0.3) is 0 Å². The van der Waals surface area contributed by atoms with Crippen LogP contribution in [-0.4, -0.2) is 25.1 Å². The molecule has 2 atom stereocenters. The average molecular weight is 511 g/mol. The molecular weight excluding hydrogens is 476 g/mol. The molecule has 0 aromatic heterocycles. The van der Waals surface area contributed by atoms with E-state index in [0.717, 1.165) is 47.3 Å². The summed E-state index contributed by atoms with van der Waals surface area (Å²) in [7, 11) is 3.31. The first kappa shape index (κ1) is 24.6. The SMILES string of the molecule is COc1ccc(O)c2c1[C@@H]1CC3(C(C)=CCCC3(C)C)c3c(OC)cc(OCc4ccccc4)c(c31)C2=O. The number of carbonyl (C=O) groups is 1. The topological polar surface area (TPSA) is 65.0 Å². The van der Waals surface area contributed by atoms with Crippen molar-refractivity contribution in [3.63, 3.8) is 0 Å². The Morgan fingerprint density at radius 2 is 1.68 bits per heavy atom. The Kier molecular flexibility index (Phi) is 5.60. The van der Waals surface area contributed by atoms with E-state index in [4.69, 9.17) is 14.2 Å². The molecule has 0 radical (unpaired) electrons. The van der Waals surface area contributed by atoms with Gasteiger partial charge in [-0.25, -0.2) is 0 Å². The average Bonchev–Trinajstić information content (AvgIpc) is 3.28. The molecule has 0 fully saturated rings. The monoisotopic (exact) mass is 510 g/mol. The number of methoxy groups -OCH3 is 2. The van der Waals surface area contributed by atoms with E-state index in [0.29, 0.717) is 29.2 Å². The van der Waals surface area contributed by atoms with Crippen LogP contribution in [-0.2, 0) is 12.0 Å². The van der Waals surface area contributed by atoms with Crippen molar-refractivity contribution in [2.24, 2.45) is 5.41 Å². The first-order valence-electron chi connectivity index (χ1n) is 13.3. The number of hydrogen-bond donors (Lipinski definition) is 1. The number of benzene rings is 3. The molecule has 0 heterocycles. The Morgan fingerprint density at radius 1 is 0.947 bits per heavy atom. The van der Waals surface area contributed by atoms with E-state index in [1.165, 1.54) is 5.57 Å². The third-order valence-electron chi connectivity index (χ3n) is 9.29. The first-order chi connectivity index (χ1) is 18.2. The van der Waals surface area contributed by atoms with E-state index >= 15 is 0 Å². The number of fused-ring (bicyclic) bond motifs is 3. The molecule has 0 saturated heterocycles. The zero-order valence-electron chi connectivity index (χ0n) is 22.7. The summed E-state index contributed by atoms with van der Waals surface area (Å²) < 4.78 is 18.3. The van der Waals surface area contributed by atoms with Gasteiger partial charge in [0, 0.05) is 28.5 Å². The van der Waals surface area contributed by atoms with Crippen molar-refractivity contribution >= 4 is 5.78 Å². The second-order valence-corrected chi connectivity index (χ2v) is 11.4. The van der Waals surface area contributed by atoms with Crippen LogP contribution in [0.4, 0.5) is 0 Å². The van der Waals surface area contributed by atoms with Gasteiger partial charge in [0.1, 0.15) is 29.6 Å². The van der Waals surface area contributed by atoms with Gasteiger partial charge in [0.25, 0.3) is 0 Å². The van der Waals surface area contributed by atoms with E-state index in [1.807, 2.05) is 36.4 Å². The predicted molar refractivity (Wildman–Crippen MR) is 147 cm³/mol. The number of aromatic hydroxyl groups is 1. The van der Waals surface area contributed by atoms with Gasteiger partial charge in [-0.3, -0.25) is 4.79 Å². The van der Waals surface area contributed by atoms with Crippen molar-refractivity contribution in [1.82, 2.24) is 0 Å². The van der Waals surface area contributed by atoms with Crippen LogP contribution in [0.1, 0.15) is 84.1 Å². The molecule has 3 aromatic rings. The fourth-order valence-corrected chi connectivity index (χ4v) is 7.46. The maximum atomic E-state index is 14.3. The molecule has 1 spiro atoms. The first-order valence-corrected chi connectivity index (χ1v) is 13.3. The smallest absolute Gasteiger partial charge is 0.201 e. The fourth-order valence-electron chi connectivity index (χ4n) is 7.46. The maximum Gasteiger partial charge on any atom is 0.201 e.